The van der Waals surface area contributed by atoms with Gasteiger partial charge in [-0.1, -0.05) is 11.6 Å². The number of allylic oxidation sites excluding steroid dienone is 1. The first-order chi connectivity index (χ1) is 9.74. The Bertz CT molecular complexity index is 402. The summed E-state index contributed by atoms with van der Waals surface area (Å²) in [5, 5.41) is 3.69. The number of aromatic nitrogens is 1. The van der Waals surface area contributed by atoms with Crippen LogP contribution in [-0.4, -0.2) is 42.1 Å². The van der Waals surface area contributed by atoms with Gasteiger partial charge in [-0.3, -0.25) is 9.88 Å². The number of likely N-dealkylation sites (tertiary alicyclic amines) is 1. The van der Waals surface area contributed by atoms with Gasteiger partial charge in [0.25, 0.3) is 0 Å². The number of hydrogen-bond acceptors (Lipinski definition) is 3. The Hall–Kier alpha value is -1.19. The number of nitrogens with one attached hydrogen (secondary N) is 1. The van der Waals surface area contributed by atoms with Crippen LogP contribution < -0.4 is 5.32 Å². The number of nitrogens with zero attached hydrogens (tertiary/aromatic N) is 2. The highest BCUT2D eigenvalue weighted by Gasteiger charge is 2.17. The topological polar surface area (TPSA) is 28.2 Å². The van der Waals surface area contributed by atoms with Crippen molar-refractivity contribution in [3.63, 3.8) is 0 Å². The maximum Gasteiger partial charge on any atom is 0.0270 e. The van der Waals surface area contributed by atoms with Gasteiger partial charge < -0.3 is 5.32 Å². The molecule has 0 radical (unpaired) electrons. The van der Waals surface area contributed by atoms with Crippen molar-refractivity contribution in [2.45, 2.75) is 39.2 Å². The predicted octanol–water partition coefficient (Wildman–Crippen LogP) is 2.64. The summed E-state index contributed by atoms with van der Waals surface area (Å²) in [4.78, 5) is 6.60. The van der Waals surface area contributed by atoms with Crippen molar-refractivity contribution in [2.24, 2.45) is 0 Å². The van der Waals surface area contributed by atoms with Crippen molar-refractivity contribution < 1.29 is 0 Å². The van der Waals surface area contributed by atoms with Crippen molar-refractivity contribution in [3.05, 3.63) is 41.7 Å². The van der Waals surface area contributed by atoms with Gasteiger partial charge in [-0.05, 0) is 70.4 Å². The summed E-state index contributed by atoms with van der Waals surface area (Å²) in [5.41, 5.74) is 2.79. The average Bonchev–Trinajstić information content (AvgIpc) is 2.47. The van der Waals surface area contributed by atoms with E-state index in [-0.39, 0.29) is 0 Å². The summed E-state index contributed by atoms with van der Waals surface area (Å²) < 4.78 is 0. The van der Waals surface area contributed by atoms with Crippen LogP contribution in [-0.2, 0) is 6.42 Å². The standard InChI is InChI=1S/C17H27N3/c1-15(2)6-12-20-13-7-17(8-14-20)19-11-5-16-3-9-18-10-4-16/h3-4,6,9-10,17,19H,5,7-8,11-14H2,1-2H3. The summed E-state index contributed by atoms with van der Waals surface area (Å²) in [6, 6.07) is 4.90. The molecule has 0 aromatic carbocycles. The van der Waals surface area contributed by atoms with Crippen molar-refractivity contribution in [1.29, 1.82) is 0 Å². The van der Waals surface area contributed by atoms with Gasteiger partial charge in [-0.2, -0.15) is 0 Å². The second-order valence-electron chi connectivity index (χ2n) is 5.92. The minimum atomic E-state index is 0.694. The van der Waals surface area contributed by atoms with Crippen LogP contribution in [0.5, 0.6) is 0 Å². The van der Waals surface area contributed by atoms with Gasteiger partial charge in [0.15, 0.2) is 0 Å². The smallest absolute Gasteiger partial charge is 0.0270 e. The van der Waals surface area contributed by atoms with E-state index in [0.29, 0.717) is 6.04 Å². The lowest BCUT2D eigenvalue weighted by Gasteiger charge is -2.31. The third-order valence-corrected chi connectivity index (χ3v) is 3.94. The zero-order valence-corrected chi connectivity index (χ0v) is 12.8. The summed E-state index contributed by atoms with van der Waals surface area (Å²) in [6.07, 6.45) is 9.71. The summed E-state index contributed by atoms with van der Waals surface area (Å²) >= 11 is 0. The molecule has 2 heterocycles. The van der Waals surface area contributed by atoms with E-state index in [4.69, 9.17) is 0 Å². The highest BCUT2D eigenvalue weighted by atomic mass is 15.1. The van der Waals surface area contributed by atoms with Gasteiger partial charge in [0.05, 0.1) is 0 Å². The molecule has 0 atom stereocenters. The molecule has 0 spiro atoms. The number of piperidine rings is 1. The molecular weight excluding hydrogens is 246 g/mol. The van der Waals surface area contributed by atoms with E-state index in [1.54, 1.807) is 0 Å². The minimum absolute atomic E-state index is 0.694. The van der Waals surface area contributed by atoms with Crippen molar-refractivity contribution in [1.82, 2.24) is 15.2 Å². The second kappa shape index (κ2) is 8.18. The van der Waals surface area contributed by atoms with Crippen LogP contribution in [0.25, 0.3) is 0 Å². The highest BCUT2D eigenvalue weighted by molar-refractivity contribution is 5.09. The van der Waals surface area contributed by atoms with Crippen LogP contribution in [0, 0.1) is 0 Å². The summed E-state index contributed by atoms with van der Waals surface area (Å²) in [7, 11) is 0. The first kappa shape index (κ1) is 15.2. The highest BCUT2D eigenvalue weighted by Crippen LogP contribution is 2.10. The zero-order chi connectivity index (χ0) is 14.2. The van der Waals surface area contributed by atoms with E-state index >= 15 is 0 Å². The molecule has 2 rings (SSSR count). The molecule has 1 aromatic heterocycles. The summed E-state index contributed by atoms with van der Waals surface area (Å²) in [6.45, 7) is 8.98. The summed E-state index contributed by atoms with van der Waals surface area (Å²) in [5.74, 6) is 0. The fourth-order valence-electron chi connectivity index (χ4n) is 2.60. The number of hydrogen-bond donors (Lipinski definition) is 1. The fourth-order valence-corrected chi connectivity index (χ4v) is 2.60. The molecule has 0 unspecified atom stereocenters. The molecule has 0 aliphatic carbocycles. The molecule has 0 amide bonds. The lowest BCUT2D eigenvalue weighted by atomic mass is 10.0. The van der Waals surface area contributed by atoms with E-state index in [1.807, 2.05) is 12.4 Å². The lowest BCUT2D eigenvalue weighted by Crippen LogP contribution is -2.43. The molecule has 3 nitrogen and oxygen atoms in total. The van der Waals surface area contributed by atoms with Crippen LogP contribution in [0.15, 0.2) is 36.2 Å². The quantitative estimate of drug-likeness (QED) is 0.808. The molecule has 1 fully saturated rings. The first-order valence-corrected chi connectivity index (χ1v) is 7.72. The fraction of sp³-hybridized carbons (Fsp3) is 0.588. The molecule has 20 heavy (non-hydrogen) atoms. The second-order valence-corrected chi connectivity index (χ2v) is 5.92. The first-order valence-electron chi connectivity index (χ1n) is 7.72. The maximum absolute atomic E-state index is 4.05. The zero-order valence-electron chi connectivity index (χ0n) is 12.8. The molecule has 1 aliphatic rings. The Morgan fingerprint density at radius 1 is 1.30 bits per heavy atom. The van der Waals surface area contributed by atoms with Crippen LogP contribution >= 0.6 is 0 Å². The molecule has 110 valence electrons. The van der Waals surface area contributed by atoms with Crippen molar-refractivity contribution in [3.8, 4) is 0 Å². The number of rotatable bonds is 6. The van der Waals surface area contributed by atoms with Gasteiger partial charge in [-0.25, -0.2) is 0 Å². The molecule has 1 aromatic rings. The largest absolute Gasteiger partial charge is 0.314 e. The van der Waals surface area contributed by atoms with Crippen LogP contribution in [0.2, 0.25) is 0 Å². The van der Waals surface area contributed by atoms with Crippen LogP contribution in [0.4, 0.5) is 0 Å². The van der Waals surface area contributed by atoms with E-state index < -0.39 is 0 Å². The average molecular weight is 273 g/mol. The van der Waals surface area contributed by atoms with Crippen molar-refractivity contribution >= 4 is 0 Å². The van der Waals surface area contributed by atoms with E-state index in [9.17, 15) is 0 Å². The normalized spacial score (nSPS) is 17.1. The Morgan fingerprint density at radius 2 is 2.00 bits per heavy atom. The van der Waals surface area contributed by atoms with Gasteiger partial charge in [0, 0.05) is 25.0 Å². The molecule has 0 saturated carbocycles. The van der Waals surface area contributed by atoms with Gasteiger partial charge in [-0.15, -0.1) is 0 Å². The van der Waals surface area contributed by atoms with Crippen LogP contribution in [0.3, 0.4) is 0 Å². The van der Waals surface area contributed by atoms with E-state index in [2.05, 4.69) is 47.3 Å². The molecule has 3 heteroatoms. The Balaban J connectivity index is 1.61. The van der Waals surface area contributed by atoms with E-state index in [1.165, 1.54) is 37.1 Å². The van der Waals surface area contributed by atoms with E-state index in [0.717, 1.165) is 19.5 Å². The Morgan fingerprint density at radius 3 is 2.65 bits per heavy atom. The monoisotopic (exact) mass is 273 g/mol. The lowest BCUT2D eigenvalue weighted by molar-refractivity contribution is 0.215. The molecule has 1 N–H and O–H groups in total. The molecule has 0 bridgehead atoms. The molecule has 1 aliphatic heterocycles. The minimum Gasteiger partial charge on any atom is -0.314 e. The molecule has 1 saturated heterocycles. The van der Waals surface area contributed by atoms with Gasteiger partial charge in [0.2, 0.25) is 0 Å². The Labute approximate surface area is 123 Å². The maximum atomic E-state index is 4.05. The molecular formula is C17H27N3. The SMILES string of the molecule is CC(C)=CCN1CCC(NCCc2ccncc2)CC1. The third-order valence-electron chi connectivity index (χ3n) is 3.94. The van der Waals surface area contributed by atoms with Crippen molar-refractivity contribution in [2.75, 3.05) is 26.2 Å². The predicted molar refractivity (Wildman–Crippen MR) is 84.8 cm³/mol. The van der Waals surface area contributed by atoms with Gasteiger partial charge in [0.1, 0.15) is 0 Å². The van der Waals surface area contributed by atoms with Crippen LogP contribution in [0.1, 0.15) is 32.3 Å². The third kappa shape index (κ3) is 5.43. The van der Waals surface area contributed by atoms with Gasteiger partial charge >= 0.3 is 0 Å². The Kier molecular flexibility index (Phi) is 6.22. The number of pyridine rings is 1.